The van der Waals surface area contributed by atoms with Gasteiger partial charge in [-0.3, -0.25) is 0 Å². The molecule has 0 heterocycles. The molecule has 5 nitrogen and oxygen atoms in total. The smallest absolute Gasteiger partial charge is 0.279 e. The number of aliphatic hydroxyl groups is 1. The van der Waals surface area contributed by atoms with E-state index in [1.807, 2.05) is 13.8 Å². The molecule has 1 saturated carbocycles. The van der Waals surface area contributed by atoms with Gasteiger partial charge in [0.25, 0.3) is 10.2 Å². The summed E-state index contributed by atoms with van der Waals surface area (Å²) in [6, 6.07) is 0. The van der Waals surface area contributed by atoms with E-state index >= 15 is 0 Å². The van der Waals surface area contributed by atoms with Crippen LogP contribution in [-0.4, -0.2) is 43.1 Å². The first kappa shape index (κ1) is 18.9. The van der Waals surface area contributed by atoms with Crippen molar-refractivity contribution in [2.45, 2.75) is 71.3 Å². The highest BCUT2D eigenvalue weighted by molar-refractivity contribution is 7.87. The van der Waals surface area contributed by atoms with Gasteiger partial charge in [0.2, 0.25) is 0 Å². The molecule has 0 spiro atoms. The van der Waals surface area contributed by atoms with Crippen molar-refractivity contribution >= 4 is 10.2 Å². The van der Waals surface area contributed by atoms with Gasteiger partial charge < -0.3 is 5.11 Å². The first-order chi connectivity index (χ1) is 9.87. The van der Waals surface area contributed by atoms with E-state index in [2.05, 4.69) is 11.6 Å². The number of hydrogen-bond donors (Lipinski definition) is 2. The minimum Gasteiger partial charge on any atom is -0.389 e. The van der Waals surface area contributed by atoms with Crippen LogP contribution in [0.3, 0.4) is 0 Å². The molecule has 21 heavy (non-hydrogen) atoms. The molecule has 0 aliphatic heterocycles. The molecule has 2 N–H and O–H groups in total. The van der Waals surface area contributed by atoms with E-state index in [1.165, 1.54) is 4.31 Å². The van der Waals surface area contributed by atoms with Crippen LogP contribution in [0.15, 0.2) is 0 Å². The molecule has 1 fully saturated rings. The van der Waals surface area contributed by atoms with Gasteiger partial charge in [-0.25, -0.2) is 0 Å². The van der Waals surface area contributed by atoms with Crippen LogP contribution in [0.25, 0.3) is 0 Å². The third-order valence-corrected chi connectivity index (χ3v) is 6.04. The number of rotatable bonds is 9. The molecule has 1 rings (SSSR count). The molecule has 6 heteroatoms. The van der Waals surface area contributed by atoms with Crippen molar-refractivity contribution in [3.05, 3.63) is 0 Å². The Labute approximate surface area is 130 Å². The van der Waals surface area contributed by atoms with Gasteiger partial charge in [-0.05, 0) is 44.4 Å². The summed E-state index contributed by atoms with van der Waals surface area (Å²) < 4.78 is 28.7. The molecule has 0 aromatic heterocycles. The quantitative estimate of drug-likeness (QED) is 0.685. The standard InChI is InChI=1S/C15H32N2O3S/c1-4-11-17(12-5-2)21(19,20)16-13-15(18)9-7-14(6-3)8-10-15/h14,16,18H,4-13H2,1-3H3. The highest BCUT2D eigenvalue weighted by atomic mass is 32.2. The monoisotopic (exact) mass is 320 g/mol. The Kier molecular flexibility index (Phi) is 7.60. The summed E-state index contributed by atoms with van der Waals surface area (Å²) in [6.07, 6.45) is 6.09. The second-order valence-electron chi connectivity index (χ2n) is 6.30. The fraction of sp³-hybridized carbons (Fsp3) is 1.00. The highest BCUT2D eigenvalue weighted by Crippen LogP contribution is 2.33. The molecule has 0 atom stereocenters. The van der Waals surface area contributed by atoms with Gasteiger partial charge in [-0.15, -0.1) is 0 Å². The second-order valence-corrected chi connectivity index (χ2v) is 8.06. The van der Waals surface area contributed by atoms with Crippen molar-refractivity contribution in [3.63, 3.8) is 0 Å². The molecule has 0 saturated heterocycles. The van der Waals surface area contributed by atoms with E-state index in [4.69, 9.17) is 0 Å². The van der Waals surface area contributed by atoms with Gasteiger partial charge in [0.15, 0.2) is 0 Å². The Morgan fingerprint density at radius 2 is 1.67 bits per heavy atom. The lowest BCUT2D eigenvalue weighted by atomic mass is 9.78. The summed E-state index contributed by atoms with van der Waals surface area (Å²) in [6.45, 7) is 7.30. The number of nitrogens with zero attached hydrogens (tertiary/aromatic N) is 1. The molecule has 0 aromatic rings. The van der Waals surface area contributed by atoms with Crippen molar-refractivity contribution in [2.24, 2.45) is 5.92 Å². The predicted molar refractivity (Wildman–Crippen MR) is 86.3 cm³/mol. The fourth-order valence-corrected chi connectivity index (χ4v) is 4.45. The van der Waals surface area contributed by atoms with Crippen LogP contribution in [0, 0.1) is 5.92 Å². The summed E-state index contributed by atoms with van der Waals surface area (Å²) in [4.78, 5) is 0. The van der Waals surface area contributed by atoms with E-state index < -0.39 is 15.8 Å². The maximum Gasteiger partial charge on any atom is 0.279 e. The number of nitrogens with one attached hydrogen (secondary N) is 1. The maximum atomic E-state index is 12.3. The lowest BCUT2D eigenvalue weighted by Crippen LogP contribution is -2.49. The molecule has 0 radical (unpaired) electrons. The van der Waals surface area contributed by atoms with Crippen LogP contribution >= 0.6 is 0 Å². The van der Waals surface area contributed by atoms with Gasteiger partial charge in [0.1, 0.15) is 0 Å². The van der Waals surface area contributed by atoms with Crippen molar-refractivity contribution < 1.29 is 13.5 Å². The Morgan fingerprint density at radius 1 is 1.14 bits per heavy atom. The van der Waals surface area contributed by atoms with E-state index in [1.54, 1.807) is 0 Å². The van der Waals surface area contributed by atoms with Crippen molar-refractivity contribution in [2.75, 3.05) is 19.6 Å². The summed E-state index contributed by atoms with van der Waals surface area (Å²) in [7, 11) is -3.48. The van der Waals surface area contributed by atoms with E-state index in [0.717, 1.165) is 32.1 Å². The summed E-state index contributed by atoms with van der Waals surface area (Å²) in [5, 5.41) is 10.5. The zero-order chi connectivity index (χ0) is 15.9. The Morgan fingerprint density at radius 3 is 2.10 bits per heavy atom. The minimum absolute atomic E-state index is 0.135. The molecular weight excluding hydrogens is 288 g/mol. The highest BCUT2D eigenvalue weighted by Gasteiger charge is 2.34. The van der Waals surface area contributed by atoms with Crippen LogP contribution in [0.2, 0.25) is 0 Å². The van der Waals surface area contributed by atoms with Crippen molar-refractivity contribution in [1.29, 1.82) is 0 Å². The van der Waals surface area contributed by atoms with Gasteiger partial charge in [-0.1, -0.05) is 27.2 Å². The van der Waals surface area contributed by atoms with E-state index in [-0.39, 0.29) is 6.54 Å². The molecule has 1 aliphatic carbocycles. The van der Waals surface area contributed by atoms with Gasteiger partial charge >= 0.3 is 0 Å². The Balaban J connectivity index is 2.55. The van der Waals surface area contributed by atoms with Crippen molar-refractivity contribution in [3.8, 4) is 0 Å². The van der Waals surface area contributed by atoms with Crippen LogP contribution in [0.1, 0.15) is 65.7 Å². The molecule has 0 aromatic carbocycles. The van der Waals surface area contributed by atoms with Gasteiger partial charge in [-0.2, -0.15) is 17.4 Å². The Hall–Kier alpha value is -0.170. The zero-order valence-corrected chi connectivity index (χ0v) is 14.6. The van der Waals surface area contributed by atoms with Crippen LogP contribution in [-0.2, 0) is 10.2 Å². The largest absolute Gasteiger partial charge is 0.389 e. The second kappa shape index (κ2) is 8.46. The van der Waals surface area contributed by atoms with Crippen molar-refractivity contribution in [1.82, 2.24) is 9.03 Å². The molecule has 126 valence electrons. The third kappa shape index (κ3) is 5.85. The molecule has 0 amide bonds. The number of hydrogen-bond acceptors (Lipinski definition) is 3. The predicted octanol–water partition coefficient (Wildman–Crippen LogP) is 2.27. The fourth-order valence-electron chi connectivity index (χ4n) is 2.97. The summed E-state index contributed by atoms with van der Waals surface area (Å²) in [5.41, 5.74) is -0.872. The topological polar surface area (TPSA) is 69.6 Å². The Bertz CT molecular complexity index is 384. The van der Waals surface area contributed by atoms with E-state index in [9.17, 15) is 13.5 Å². The van der Waals surface area contributed by atoms with Crippen LogP contribution in [0.5, 0.6) is 0 Å². The van der Waals surface area contributed by atoms with Gasteiger partial charge in [0, 0.05) is 19.6 Å². The van der Waals surface area contributed by atoms with E-state index in [0.29, 0.717) is 31.8 Å². The molecular formula is C15H32N2O3S. The average molecular weight is 320 g/mol. The van der Waals surface area contributed by atoms with Gasteiger partial charge in [0.05, 0.1) is 5.60 Å². The first-order valence-electron chi connectivity index (χ1n) is 8.34. The zero-order valence-electron chi connectivity index (χ0n) is 13.8. The maximum absolute atomic E-state index is 12.3. The average Bonchev–Trinajstić information content (AvgIpc) is 2.46. The lowest BCUT2D eigenvalue weighted by Gasteiger charge is -2.36. The molecule has 0 bridgehead atoms. The SMILES string of the molecule is CCCN(CCC)S(=O)(=O)NCC1(O)CCC(CC)CC1. The minimum atomic E-state index is -3.48. The molecule has 1 aliphatic rings. The third-order valence-electron chi connectivity index (χ3n) is 4.48. The summed E-state index contributed by atoms with van der Waals surface area (Å²) >= 11 is 0. The van der Waals surface area contributed by atoms with Crippen LogP contribution < -0.4 is 4.72 Å². The lowest BCUT2D eigenvalue weighted by molar-refractivity contribution is -0.00470. The molecule has 0 unspecified atom stereocenters. The first-order valence-corrected chi connectivity index (χ1v) is 9.78. The summed E-state index contributed by atoms with van der Waals surface area (Å²) in [5.74, 6) is 0.679. The van der Waals surface area contributed by atoms with Crippen LogP contribution in [0.4, 0.5) is 0 Å². The normalized spacial score (nSPS) is 27.2.